The number of amides is 2. The van der Waals surface area contributed by atoms with E-state index in [1.54, 1.807) is 13.2 Å². The third kappa shape index (κ3) is 3.87. The van der Waals surface area contributed by atoms with Crippen LogP contribution in [0.25, 0.3) is 0 Å². The van der Waals surface area contributed by atoms with Crippen LogP contribution in [0.15, 0.2) is 53.1 Å². The van der Waals surface area contributed by atoms with E-state index in [4.69, 9.17) is 4.42 Å². The minimum atomic E-state index is -0.707. The van der Waals surface area contributed by atoms with E-state index in [1.165, 1.54) is 4.90 Å². The average Bonchev–Trinajstić information content (AvgIpc) is 3.18. The molecule has 3 aromatic rings. The first-order valence-electron chi connectivity index (χ1n) is 9.42. The van der Waals surface area contributed by atoms with Gasteiger partial charge >= 0.3 is 11.8 Å². The molecule has 4 rings (SSSR count). The van der Waals surface area contributed by atoms with E-state index in [2.05, 4.69) is 20.5 Å². The number of carbonyl (C=O) groups is 2. The molecule has 0 spiro atoms. The fraction of sp³-hybridized carbons (Fsp3) is 0.286. The molecule has 3 heterocycles. The summed E-state index contributed by atoms with van der Waals surface area (Å²) in [6.45, 7) is 2.01. The first-order valence-corrected chi connectivity index (χ1v) is 9.42. The molecule has 8 nitrogen and oxygen atoms in total. The van der Waals surface area contributed by atoms with E-state index in [0.717, 1.165) is 11.1 Å². The van der Waals surface area contributed by atoms with Gasteiger partial charge in [0.05, 0.1) is 6.42 Å². The number of likely N-dealkylation sites (N-methyl/N-ethyl adjacent to an activating group) is 1. The number of anilines is 1. The zero-order valence-corrected chi connectivity index (χ0v) is 16.2. The number of hydrogen-bond donors (Lipinski definition) is 1. The minimum absolute atomic E-state index is 0.0502. The van der Waals surface area contributed by atoms with Crippen molar-refractivity contribution in [1.82, 2.24) is 20.5 Å². The number of fused-ring (bicyclic) bond motifs is 1. The summed E-state index contributed by atoms with van der Waals surface area (Å²) in [6, 6.07) is 12.7. The number of carbonyl (C=O) groups excluding carboxylic acids is 2. The topological polar surface area (TPSA) is 101 Å². The van der Waals surface area contributed by atoms with Gasteiger partial charge in [0.1, 0.15) is 11.9 Å². The number of hydrogen-bond acceptors (Lipinski definition) is 6. The highest BCUT2D eigenvalue weighted by molar-refractivity contribution is 6.01. The second-order valence-corrected chi connectivity index (χ2v) is 7.14. The highest BCUT2D eigenvalue weighted by Gasteiger charge is 2.34. The summed E-state index contributed by atoms with van der Waals surface area (Å²) in [5.41, 5.74) is 1.98. The van der Waals surface area contributed by atoms with Crippen LogP contribution in [-0.4, -0.2) is 40.1 Å². The molecule has 1 aliphatic heterocycles. The Balaban J connectivity index is 1.48. The molecule has 0 aliphatic carbocycles. The molecule has 8 heteroatoms. The standard InChI is InChI=1S/C21H21N5O3/c1-13-11-16(21(28)26(2)18-15(13)9-6-10-22-18)23-19(27)20-25-24-17(29-20)12-14-7-4-3-5-8-14/h3-10,13,16H,11-12H2,1-2H3,(H,23,27)/t13-,16-/m0/s1. The molecule has 148 valence electrons. The third-order valence-corrected chi connectivity index (χ3v) is 5.05. The number of nitrogens with one attached hydrogen (secondary N) is 1. The fourth-order valence-corrected chi connectivity index (χ4v) is 3.52. The summed E-state index contributed by atoms with van der Waals surface area (Å²) in [6.07, 6.45) is 2.55. The molecule has 1 N–H and O–H groups in total. The Morgan fingerprint density at radius 3 is 2.79 bits per heavy atom. The van der Waals surface area contributed by atoms with Gasteiger partial charge < -0.3 is 9.73 Å². The molecule has 0 saturated heterocycles. The number of nitrogens with zero attached hydrogens (tertiary/aromatic N) is 4. The summed E-state index contributed by atoms with van der Waals surface area (Å²) < 4.78 is 5.50. The number of pyridine rings is 1. The molecule has 0 radical (unpaired) electrons. The van der Waals surface area contributed by atoms with E-state index in [0.29, 0.717) is 24.6 Å². The summed E-state index contributed by atoms with van der Waals surface area (Å²) in [7, 11) is 1.66. The molecule has 1 aromatic carbocycles. The Morgan fingerprint density at radius 1 is 1.21 bits per heavy atom. The fourth-order valence-electron chi connectivity index (χ4n) is 3.52. The highest BCUT2D eigenvalue weighted by Crippen LogP contribution is 2.32. The molecule has 1 aliphatic rings. The van der Waals surface area contributed by atoms with Crippen LogP contribution in [0.4, 0.5) is 5.82 Å². The van der Waals surface area contributed by atoms with Crippen molar-refractivity contribution in [1.29, 1.82) is 0 Å². The molecule has 2 aromatic heterocycles. The summed E-state index contributed by atoms with van der Waals surface area (Å²) in [4.78, 5) is 31.3. The van der Waals surface area contributed by atoms with E-state index in [-0.39, 0.29) is 17.7 Å². The smallest absolute Gasteiger partial charge is 0.309 e. The van der Waals surface area contributed by atoms with Gasteiger partial charge in [-0.25, -0.2) is 4.98 Å². The van der Waals surface area contributed by atoms with Gasteiger partial charge in [-0.15, -0.1) is 10.2 Å². The Kier molecular flexibility index (Phi) is 5.07. The summed E-state index contributed by atoms with van der Waals surface area (Å²) >= 11 is 0. The van der Waals surface area contributed by atoms with Gasteiger partial charge in [-0.1, -0.05) is 43.3 Å². The van der Waals surface area contributed by atoms with E-state index < -0.39 is 11.9 Å². The van der Waals surface area contributed by atoms with Crippen LogP contribution in [-0.2, 0) is 11.2 Å². The molecule has 0 unspecified atom stereocenters. The van der Waals surface area contributed by atoms with Gasteiger partial charge in [-0.3, -0.25) is 14.5 Å². The van der Waals surface area contributed by atoms with Gasteiger partial charge in [0.2, 0.25) is 11.8 Å². The highest BCUT2D eigenvalue weighted by atomic mass is 16.4. The zero-order valence-electron chi connectivity index (χ0n) is 16.2. The van der Waals surface area contributed by atoms with Crippen LogP contribution < -0.4 is 10.2 Å². The third-order valence-electron chi connectivity index (χ3n) is 5.05. The predicted octanol–water partition coefficient (Wildman–Crippen LogP) is 2.32. The van der Waals surface area contributed by atoms with Crippen LogP contribution in [0.1, 0.15) is 47.0 Å². The quantitative estimate of drug-likeness (QED) is 0.732. The van der Waals surface area contributed by atoms with E-state index in [1.807, 2.05) is 49.4 Å². The first kappa shape index (κ1) is 18.8. The van der Waals surface area contributed by atoms with Gasteiger partial charge in [-0.2, -0.15) is 0 Å². The van der Waals surface area contributed by atoms with Crippen LogP contribution in [0.5, 0.6) is 0 Å². The van der Waals surface area contributed by atoms with Crippen molar-refractivity contribution in [2.45, 2.75) is 31.7 Å². The molecule has 29 heavy (non-hydrogen) atoms. The lowest BCUT2D eigenvalue weighted by molar-refractivity contribution is -0.120. The molecule has 0 bridgehead atoms. The Morgan fingerprint density at radius 2 is 2.00 bits per heavy atom. The second kappa shape index (κ2) is 7.83. The maximum Gasteiger partial charge on any atom is 0.309 e. The monoisotopic (exact) mass is 391 g/mol. The SMILES string of the molecule is C[C@H]1C[C@H](NC(=O)c2nnc(Cc3ccccc3)o2)C(=O)N(C)c2ncccc21. The second-order valence-electron chi connectivity index (χ2n) is 7.14. The Labute approximate surface area is 168 Å². The van der Waals surface area contributed by atoms with Crippen molar-refractivity contribution < 1.29 is 14.0 Å². The molecular weight excluding hydrogens is 370 g/mol. The molecular formula is C21H21N5O3. The molecule has 0 saturated carbocycles. The van der Waals surface area contributed by atoms with Crippen molar-refractivity contribution in [3.05, 3.63) is 71.6 Å². The lowest BCUT2D eigenvalue weighted by atomic mass is 9.95. The van der Waals surface area contributed by atoms with Crippen molar-refractivity contribution >= 4 is 17.6 Å². The zero-order chi connectivity index (χ0) is 20.4. The van der Waals surface area contributed by atoms with Gasteiger partial charge in [0.25, 0.3) is 0 Å². The van der Waals surface area contributed by atoms with Crippen molar-refractivity contribution in [2.24, 2.45) is 0 Å². The number of benzene rings is 1. The van der Waals surface area contributed by atoms with Gasteiger partial charge in [0.15, 0.2) is 0 Å². The predicted molar refractivity (Wildman–Crippen MR) is 105 cm³/mol. The minimum Gasteiger partial charge on any atom is -0.417 e. The average molecular weight is 391 g/mol. The summed E-state index contributed by atoms with van der Waals surface area (Å²) in [5.74, 6) is 0.0647. The van der Waals surface area contributed by atoms with Crippen molar-refractivity contribution in [2.75, 3.05) is 11.9 Å². The first-order chi connectivity index (χ1) is 14.0. The maximum atomic E-state index is 12.9. The van der Waals surface area contributed by atoms with E-state index >= 15 is 0 Å². The van der Waals surface area contributed by atoms with Crippen LogP contribution in [0.2, 0.25) is 0 Å². The van der Waals surface area contributed by atoms with E-state index in [9.17, 15) is 9.59 Å². The van der Waals surface area contributed by atoms with Crippen molar-refractivity contribution in [3.63, 3.8) is 0 Å². The molecule has 2 amide bonds. The Bertz CT molecular complexity index is 1030. The largest absolute Gasteiger partial charge is 0.417 e. The summed E-state index contributed by atoms with van der Waals surface area (Å²) in [5, 5.41) is 10.5. The van der Waals surface area contributed by atoms with Gasteiger partial charge in [-0.05, 0) is 29.5 Å². The molecule has 2 atom stereocenters. The lowest BCUT2D eigenvalue weighted by Crippen LogP contribution is -2.47. The van der Waals surface area contributed by atoms with Crippen LogP contribution in [0.3, 0.4) is 0 Å². The van der Waals surface area contributed by atoms with Crippen LogP contribution in [0, 0.1) is 0 Å². The maximum absolute atomic E-state index is 12.9. The van der Waals surface area contributed by atoms with Gasteiger partial charge in [0, 0.05) is 13.2 Å². The van der Waals surface area contributed by atoms with Crippen LogP contribution >= 0.6 is 0 Å². The number of rotatable bonds is 4. The van der Waals surface area contributed by atoms with Crippen molar-refractivity contribution in [3.8, 4) is 0 Å². The number of aromatic nitrogens is 3. The normalized spacial score (nSPS) is 18.8. The molecule has 0 fully saturated rings. The Hall–Kier alpha value is -3.55. The lowest BCUT2D eigenvalue weighted by Gasteiger charge is -2.20.